The maximum atomic E-state index is 13.2. The second-order valence-electron chi connectivity index (χ2n) is 7.29. The van der Waals surface area contributed by atoms with E-state index in [1.807, 2.05) is 20.8 Å². The van der Waals surface area contributed by atoms with Crippen LogP contribution in [0.1, 0.15) is 66.2 Å². The minimum atomic E-state index is -2.56. The Morgan fingerprint density at radius 3 is 2.33 bits per heavy atom. The molecule has 1 aliphatic carbocycles. The molecule has 1 heterocycles. The fourth-order valence-electron chi connectivity index (χ4n) is 3.29. The molecular weight excluding hydrogens is 356 g/mol. The van der Waals surface area contributed by atoms with Crippen molar-refractivity contribution in [2.75, 3.05) is 26.4 Å². The Morgan fingerprint density at radius 1 is 1.19 bits per heavy atom. The minimum absolute atomic E-state index is 0.127. The Morgan fingerprint density at radius 2 is 1.78 bits per heavy atom. The summed E-state index contributed by atoms with van der Waals surface area (Å²) in [7, 11) is 0. The van der Waals surface area contributed by atoms with Crippen LogP contribution in [0, 0.1) is 5.92 Å². The Labute approximate surface area is 162 Å². The molecule has 2 unspecified atom stereocenters. The van der Waals surface area contributed by atoms with Crippen LogP contribution in [0.2, 0.25) is 0 Å². The zero-order chi connectivity index (χ0) is 20.3. The monoisotopic (exact) mass is 393 g/mol. The average Bonchev–Trinajstić information content (AvgIpc) is 2.66. The molecule has 27 heavy (non-hydrogen) atoms. The minimum Gasteiger partial charge on any atom is -0.381 e. The lowest BCUT2D eigenvalue weighted by molar-refractivity contribution is -0.123. The molecule has 0 spiro atoms. The molecule has 0 radical (unpaired) electrons. The van der Waals surface area contributed by atoms with Crippen molar-refractivity contribution >= 4 is 5.91 Å². The van der Waals surface area contributed by atoms with Crippen molar-refractivity contribution in [1.29, 1.82) is 0 Å². The van der Waals surface area contributed by atoms with E-state index in [1.165, 1.54) is 6.92 Å². The summed E-state index contributed by atoms with van der Waals surface area (Å²) in [6.45, 7) is 9.83. The van der Waals surface area contributed by atoms with E-state index in [9.17, 15) is 13.6 Å². The first-order valence-corrected chi connectivity index (χ1v) is 10.3. The number of carbonyl (C=O) groups excluding carboxylic acids is 1. The van der Waals surface area contributed by atoms with Gasteiger partial charge in [0.2, 0.25) is 11.8 Å². The Bertz CT molecular complexity index is 407. The van der Waals surface area contributed by atoms with E-state index in [4.69, 9.17) is 14.2 Å². The number of rotatable bonds is 8. The van der Waals surface area contributed by atoms with Crippen LogP contribution in [0.25, 0.3) is 0 Å². The summed E-state index contributed by atoms with van der Waals surface area (Å²) >= 11 is 0. The zero-order valence-corrected chi connectivity index (χ0v) is 17.3. The van der Waals surface area contributed by atoms with Gasteiger partial charge in [-0.2, -0.15) is 0 Å². The lowest BCUT2D eigenvalue weighted by atomic mass is 9.94. The van der Waals surface area contributed by atoms with Crippen LogP contribution in [0.15, 0.2) is 0 Å². The van der Waals surface area contributed by atoms with Gasteiger partial charge in [0.1, 0.15) is 0 Å². The summed E-state index contributed by atoms with van der Waals surface area (Å²) in [5, 5.41) is 2.86. The molecule has 0 aromatic heterocycles. The van der Waals surface area contributed by atoms with Crippen molar-refractivity contribution in [3.8, 4) is 0 Å². The predicted octanol–water partition coefficient (Wildman–Crippen LogP) is 3.94. The SMILES string of the molecule is CC.CC(=O)NC(COC1CCC(F)(F)CC1)C(C)OCC1CCOCC1. The number of nitrogens with one attached hydrogen (secondary N) is 1. The molecular formula is C20H37F2NO4. The number of hydrogen-bond acceptors (Lipinski definition) is 4. The van der Waals surface area contributed by atoms with E-state index < -0.39 is 5.92 Å². The molecule has 1 saturated carbocycles. The molecule has 2 aliphatic rings. The number of alkyl halides is 2. The lowest BCUT2D eigenvalue weighted by Gasteiger charge is -2.32. The molecule has 2 rings (SSSR count). The maximum Gasteiger partial charge on any atom is 0.248 e. The van der Waals surface area contributed by atoms with Crippen LogP contribution in [-0.2, 0) is 19.0 Å². The van der Waals surface area contributed by atoms with Crippen LogP contribution >= 0.6 is 0 Å². The van der Waals surface area contributed by atoms with Crippen molar-refractivity contribution in [2.45, 2.75) is 90.4 Å². The van der Waals surface area contributed by atoms with Gasteiger partial charge in [-0.1, -0.05) is 13.8 Å². The third kappa shape index (κ3) is 9.81. The molecule has 7 heteroatoms. The molecule has 0 aromatic carbocycles. The second kappa shape index (κ2) is 12.6. The molecule has 0 aromatic rings. The lowest BCUT2D eigenvalue weighted by Crippen LogP contribution is -2.47. The average molecular weight is 394 g/mol. The van der Waals surface area contributed by atoms with Crippen LogP contribution in [0.4, 0.5) is 8.78 Å². The molecule has 0 bridgehead atoms. The van der Waals surface area contributed by atoms with Crippen molar-refractivity contribution in [3.05, 3.63) is 0 Å². The number of halogens is 2. The van der Waals surface area contributed by atoms with Gasteiger partial charge < -0.3 is 19.5 Å². The van der Waals surface area contributed by atoms with Crippen molar-refractivity contribution < 1.29 is 27.8 Å². The first-order valence-electron chi connectivity index (χ1n) is 10.3. The summed E-state index contributed by atoms with van der Waals surface area (Å²) in [6.07, 6.45) is 2.08. The molecule has 1 aliphatic heterocycles. The Kier molecular flexibility index (Phi) is 11.3. The van der Waals surface area contributed by atoms with Crippen molar-refractivity contribution in [2.24, 2.45) is 5.92 Å². The van der Waals surface area contributed by atoms with Crippen molar-refractivity contribution in [3.63, 3.8) is 0 Å². The highest BCUT2D eigenvalue weighted by atomic mass is 19.3. The molecule has 1 saturated heterocycles. The van der Waals surface area contributed by atoms with Gasteiger partial charge in [0.25, 0.3) is 0 Å². The number of amides is 1. The predicted molar refractivity (Wildman–Crippen MR) is 101 cm³/mol. The Hall–Kier alpha value is -0.790. The van der Waals surface area contributed by atoms with Crippen LogP contribution in [-0.4, -0.2) is 56.5 Å². The van der Waals surface area contributed by atoms with E-state index in [2.05, 4.69) is 5.32 Å². The van der Waals surface area contributed by atoms with Crippen LogP contribution in [0.3, 0.4) is 0 Å². The van der Waals surface area contributed by atoms with Crippen LogP contribution < -0.4 is 5.32 Å². The fraction of sp³-hybridized carbons (Fsp3) is 0.950. The van der Waals surface area contributed by atoms with Gasteiger partial charge in [0.05, 0.1) is 31.5 Å². The standard InChI is InChI=1S/C18H31F2NO4.C2H6/c1-13(24-11-15-5-9-23-10-6-15)17(21-14(2)22)12-25-16-3-7-18(19,20)8-4-16;1-2/h13,15-17H,3-12H2,1-2H3,(H,21,22);1-2H3. The Balaban J connectivity index is 0.00000176. The van der Waals surface area contributed by atoms with Crippen LogP contribution in [0.5, 0.6) is 0 Å². The molecule has 1 N–H and O–H groups in total. The molecule has 2 atom stereocenters. The normalized spacial score (nSPS) is 23.0. The largest absolute Gasteiger partial charge is 0.381 e. The highest BCUT2D eigenvalue weighted by Gasteiger charge is 2.35. The van der Waals surface area contributed by atoms with Gasteiger partial charge in [-0.3, -0.25) is 4.79 Å². The second-order valence-corrected chi connectivity index (χ2v) is 7.29. The van der Waals surface area contributed by atoms with Gasteiger partial charge in [0, 0.05) is 33.0 Å². The van der Waals surface area contributed by atoms with Gasteiger partial charge in [-0.15, -0.1) is 0 Å². The smallest absolute Gasteiger partial charge is 0.248 e. The molecule has 1 amide bonds. The maximum absolute atomic E-state index is 13.2. The number of hydrogen-bond donors (Lipinski definition) is 1. The zero-order valence-electron chi connectivity index (χ0n) is 17.3. The number of carbonyl (C=O) groups is 1. The number of ether oxygens (including phenoxy) is 3. The summed E-state index contributed by atoms with van der Waals surface area (Å²) in [4.78, 5) is 11.5. The first kappa shape index (κ1) is 24.2. The van der Waals surface area contributed by atoms with E-state index in [0.717, 1.165) is 26.1 Å². The van der Waals surface area contributed by atoms with Gasteiger partial charge in [-0.25, -0.2) is 8.78 Å². The highest BCUT2D eigenvalue weighted by Crippen LogP contribution is 2.34. The van der Waals surface area contributed by atoms with E-state index in [0.29, 0.717) is 25.4 Å². The molecule has 160 valence electrons. The summed E-state index contributed by atoms with van der Waals surface area (Å²) in [5.74, 6) is -2.22. The van der Waals surface area contributed by atoms with E-state index >= 15 is 0 Å². The highest BCUT2D eigenvalue weighted by molar-refractivity contribution is 5.73. The quantitative estimate of drug-likeness (QED) is 0.679. The molecule has 5 nitrogen and oxygen atoms in total. The summed E-state index contributed by atoms with van der Waals surface area (Å²) in [5.41, 5.74) is 0. The van der Waals surface area contributed by atoms with Crippen molar-refractivity contribution in [1.82, 2.24) is 5.32 Å². The topological polar surface area (TPSA) is 56.8 Å². The summed E-state index contributed by atoms with van der Waals surface area (Å²) in [6, 6.07) is -0.278. The van der Waals surface area contributed by atoms with Gasteiger partial charge in [0.15, 0.2) is 0 Å². The van der Waals surface area contributed by atoms with Gasteiger partial charge >= 0.3 is 0 Å². The summed E-state index contributed by atoms with van der Waals surface area (Å²) < 4.78 is 43.5. The van der Waals surface area contributed by atoms with Gasteiger partial charge in [-0.05, 0) is 38.5 Å². The van der Waals surface area contributed by atoms with E-state index in [-0.39, 0.29) is 43.6 Å². The third-order valence-corrected chi connectivity index (χ3v) is 5.07. The molecule has 2 fully saturated rings. The fourth-order valence-corrected chi connectivity index (χ4v) is 3.29. The first-order chi connectivity index (χ1) is 12.9. The van der Waals surface area contributed by atoms with E-state index in [1.54, 1.807) is 0 Å². The third-order valence-electron chi connectivity index (χ3n) is 5.07.